The molecule has 0 amide bonds. The molecule has 0 aliphatic heterocycles. The lowest BCUT2D eigenvalue weighted by Gasteiger charge is -2.25. The molecule has 0 spiro atoms. The van der Waals surface area contributed by atoms with Crippen LogP contribution in [-0.2, 0) is 16.6 Å². The van der Waals surface area contributed by atoms with E-state index in [0.717, 1.165) is 12.8 Å². The van der Waals surface area contributed by atoms with Gasteiger partial charge in [-0.2, -0.15) is 0 Å². The molecule has 0 atom stereocenters. The van der Waals surface area contributed by atoms with Crippen LogP contribution < -0.4 is 10.0 Å². The van der Waals surface area contributed by atoms with E-state index < -0.39 is 15.6 Å². The second kappa shape index (κ2) is 6.10. The summed E-state index contributed by atoms with van der Waals surface area (Å²) in [5.41, 5.74) is -0.455. The number of sulfonamides is 1. The van der Waals surface area contributed by atoms with Crippen molar-refractivity contribution in [1.29, 1.82) is 0 Å². The van der Waals surface area contributed by atoms with Gasteiger partial charge in [0.25, 0.3) is 0 Å². The maximum absolute atomic E-state index is 12.5. The number of rotatable bonds is 8. The summed E-state index contributed by atoms with van der Waals surface area (Å²) in [6, 6.07) is 2.20. The normalized spacial score (nSPS) is 16.4. The van der Waals surface area contributed by atoms with Crippen LogP contribution in [0.15, 0.2) is 15.4 Å². The van der Waals surface area contributed by atoms with E-state index in [4.69, 9.17) is 4.42 Å². The third-order valence-corrected chi connectivity index (χ3v) is 5.45. The predicted molar refractivity (Wildman–Crippen MR) is 82.6 cm³/mol. The Hall–Kier alpha value is -0.850. The number of hydrogen-bond donors (Lipinski definition) is 2. The molecule has 0 saturated heterocycles. The molecule has 5 nitrogen and oxygen atoms in total. The minimum Gasteiger partial charge on any atom is -0.464 e. The second-order valence-corrected chi connectivity index (χ2v) is 8.18. The van der Waals surface area contributed by atoms with Gasteiger partial charge in [0, 0.05) is 17.6 Å². The van der Waals surface area contributed by atoms with Gasteiger partial charge in [-0.15, -0.1) is 0 Å². The van der Waals surface area contributed by atoms with Crippen molar-refractivity contribution in [2.24, 2.45) is 0 Å². The Balaban J connectivity index is 2.11. The molecule has 1 fully saturated rings. The first-order valence-corrected chi connectivity index (χ1v) is 9.08. The predicted octanol–water partition coefficient (Wildman–Crippen LogP) is 2.70. The van der Waals surface area contributed by atoms with E-state index in [2.05, 4.69) is 10.0 Å². The molecular formula is C15H26N2O3S. The van der Waals surface area contributed by atoms with Gasteiger partial charge in [-0.25, -0.2) is 13.1 Å². The van der Waals surface area contributed by atoms with Crippen LogP contribution in [0.4, 0.5) is 0 Å². The highest BCUT2D eigenvalue weighted by Gasteiger charge is 2.29. The second-order valence-electron chi connectivity index (χ2n) is 6.53. The third-order valence-electron chi connectivity index (χ3n) is 3.64. The largest absolute Gasteiger partial charge is 0.464 e. The maximum Gasteiger partial charge on any atom is 0.244 e. The van der Waals surface area contributed by atoms with Gasteiger partial charge in [0.2, 0.25) is 10.0 Å². The molecule has 1 aliphatic rings. The van der Waals surface area contributed by atoms with Gasteiger partial charge < -0.3 is 9.73 Å². The van der Waals surface area contributed by atoms with E-state index in [-0.39, 0.29) is 4.90 Å². The fraction of sp³-hybridized carbons (Fsp3) is 0.733. The molecule has 120 valence electrons. The smallest absolute Gasteiger partial charge is 0.244 e. The number of aryl methyl sites for hydroxylation is 1. The van der Waals surface area contributed by atoms with Gasteiger partial charge in [0.1, 0.15) is 16.4 Å². The van der Waals surface area contributed by atoms with Crippen LogP contribution in [0.3, 0.4) is 0 Å². The summed E-state index contributed by atoms with van der Waals surface area (Å²) in [4.78, 5) is 0.249. The Labute approximate surface area is 127 Å². The van der Waals surface area contributed by atoms with E-state index >= 15 is 0 Å². The maximum atomic E-state index is 12.5. The lowest BCUT2D eigenvalue weighted by Crippen LogP contribution is -2.43. The summed E-state index contributed by atoms with van der Waals surface area (Å²) in [5.74, 6) is 1.12. The van der Waals surface area contributed by atoms with E-state index in [1.807, 2.05) is 20.8 Å². The molecule has 0 radical (unpaired) electrons. The average Bonchev–Trinajstić information content (AvgIpc) is 3.07. The fourth-order valence-corrected chi connectivity index (χ4v) is 4.15. The highest BCUT2D eigenvalue weighted by Crippen LogP contribution is 2.24. The molecule has 2 N–H and O–H groups in total. The van der Waals surface area contributed by atoms with Crippen LogP contribution in [0.25, 0.3) is 0 Å². The summed E-state index contributed by atoms with van der Waals surface area (Å²) in [6.07, 6.45) is 4.10. The Morgan fingerprint density at radius 3 is 2.62 bits per heavy atom. The standard InChI is InChI=1S/C15H26N2O3S/c1-5-8-15(3,4)17-21(18,19)14-9-13(20-11(14)2)10-16-12-6-7-12/h9,12,16-17H,5-8,10H2,1-4H3. The molecule has 21 heavy (non-hydrogen) atoms. The van der Waals surface area contributed by atoms with Gasteiger partial charge in [0.15, 0.2) is 0 Å². The molecule has 6 heteroatoms. The topological polar surface area (TPSA) is 71.3 Å². The lowest BCUT2D eigenvalue weighted by atomic mass is 10.0. The van der Waals surface area contributed by atoms with Crippen molar-refractivity contribution in [2.45, 2.75) is 76.4 Å². The SMILES string of the molecule is CCCC(C)(C)NS(=O)(=O)c1cc(CNC2CC2)oc1C. The number of furan rings is 1. The van der Waals surface area contributed by atoms with Gasteiger partial charge in [-0.1, -0.05) is 13.3 Å². The number of nitrogens with one attached hydrogen (secondary N) is 2. The molecule has 1 aliphatic carbocycles. The first-order valence-electron chi connectivity index (χ1n) is 7.60. The van der Waals surface area contributed by atoms with Crippen LogP contribution in [0.1, 0.15) is 58.0 Å². The fourth-order valence-electron chi connectivity index (χ4n) is 2.51. The highest BCUT2D eigenvalue weighted by atomic mass is 32.2. The summed E-state index contributed by atoms with van der Waals surface area (Å²) < 4.78 is 33.4. The van der Waals surface area contributed by atoms with Crippen molar-refractivity contribution < 1.29 is 12.8 Å². The molecule has 1 heterocycles. The van der Waals surface area contributed by atoms with Crippen LogP contribution in [-0.4, -0.2) is 20.0 Å². The molecule has 0 unspecified atom stereocenters. The Morgan fingerprint density at radius 1 is 1.38 bits per heavy atom. The minimum absolute atomic E-state index is 0.249. The first-order chi connectivity index (χ1) is 9.73. The molecule has 1 aromatic rings. The van der Waals surface area contributed by atoms with Gasteiger partial charge in [0.05, 0.1) is 6.54 Å². The Bertz CT molecular complexity index is 586. The monoisotopic (exact) mass is 314 g/mol. The third kappa shape index (κ3) is 4.56. The highest BCUT2D eigenvalue weighted by molar-refractivity contribution is 7.89. The van der Waals surface area contributed by atoms with Crippen LogP contribution in [0.2, 0.25) is 0 Å². The Kier molecular flexibility index (Phi) is 4.80. The van der Waals surface area contributed by atoms with Crippen molar-refractivity contribution in [3.8, 4) is 0 Å². The van der Waals surface area contributed by atoms with E-state index in [0.29, 0.717) is 24.1 Å². The first kappa shape index (κ1) is 16.5. The molecule has 2 rings (SSSR count). The quantitative estimate of drug-likeness (QED) is 0.774. The zero-order valence-corrected chi connectivity index (χ0v) is 14.1. The van der Waals surface area contributed by atoms with Gasteiger partial charge >= 0.3 is 0 Å². The Morgan fingerprint density at radius 2 is 2.05 bits per heavy atom. The summed E-state index contributed by atoms with van der Waals surface area (Å²) >= 11 is 0. The lowest BCUT2D eigenvalue weighted by molar-refractivity contribution is 0.416. The van der Waals surface area contributed by atoms with Crippen molar-refractivity contribution >= 4 is 10.0 Å². The van der Waals surface area contributed by atoms with E-state index in [1.165, 1.54) is 12.8 Å². The van der Waals surface area contributed by atoms with Crippen molar-refractivity contribution in [3.63, 3.8) is 0 Å². The summed E-state index contributed by atoms with van der Waals surface area (Å²) in [7, 11) is -3.54. The van der Waals surface area contributed by atoms with Gasteiger partial charge in [-0.05, 0) is 40.0 Å². The van der Waals surface area contributed by atoms with E-state index in [1.54, 1.807) is 13.0 Å². The number of hydrogen-bond acceptors (Lipinski definition) is 4. The van der Waals surface area contributed by atoms with Crippen LogP contribution in [0, 0.1) is 6.92 Å². The van der Waals surface area contributed by atoms with Crippen molar-refractivity contribution in [3.05, 3.63) is 17.6 Å². The zero-order valence-electron chi connectivity index (χ0n) is 13.3. The average molecular weight is 314 g/mol. The molecule has 1 saturated carbocycles. The molecular weight excluding hydrogens is 288 g/mol. The molecule has 0 bridgehead atoms. The van der Waals surface area contributed by atoms with Crippen LogP contribution >= 0.6 is 0 Å². The van der Waals surface area contributed by atoms with Crippen LogP contribution in [0.5, 0.6) is 0 Å². The summed E-state index contributed by atoms with van der Waals surface area (Å²) in [6.45, 7) is 8.13. The van der Waals surface area contributed by atoms with Crippen molar-refractivity contribution in [1.82, 2.24) is 10.0 Å². The van der Waals surface area contributed by atoms with Gasteiger partial charge in [-0.3, -0.25) is 0 Å². The zero-order chi connectivity index (χ0) is 15.7. The van der Waals surface area contributed by atoms with E-state index in [9.17, 15) is 8.42 Å². The minimum atomic E-state index is -3.54. The molecule has 0 aromatic carbocycles. The summed E-state index contributed by atoms with van der Waals surface area (Å²) in [5, 5.41) is 3.32. The van der Waals surface area contributed by atoms with Crippen molar-refractivity contribution in [2.75, 3.05) is 0 Å². The molecule has 1 aromatic heterocycles.